The summed E-state index contributed by atoms with van der Waals surface area (Å²) >= 11 is 1.38. The van der Waals surface area contributed by atoms with E-state index < -0.39 is 0 Å². The number of nitrogens with zero attached hydrogens (tertiary/aromatic N) is 3. The maximum Gasteiger partial charge on any atom is 0.230 e. The highest BCUT2D eigenvalue weighted by molar-refractivity contribution is 7.99. The maximum absolute atomic E-state index is 11.9. The smallest absolute Gasteiger partial charge is 0.230 e. The van der Waals surface area contributed by atoms with Crippen molar-refractivity contribution in [2.24, 2.45) is 0 Å². The molecule has 1 aromatic carbocycles. The standard InChI is InChI=1S/C17H24N4O2S/c1-3-4-5-6-11-18-16(22)12-24-17-20-19-13-21(17)14-7-9-15(23-2)10-8-14/h7-10,13H,3-6,11-12H2,1-2H3,(H,18,22). The molecule has 0 spiro atoms. The van der Waals surface area contributed by atoms with E-state index in [4.69, 9.17) is 4.74 Å². The van der Waals surface area contributed by atoms with Gasteiger partial charge in [0, 0.05) is 12.2 Å². The van der Waals surface area contributed by atoms with Crippen LogP contribution >= 0.6 is 11.8 Å². The summed E-state index contributed by atoms with van der Waals surface area (Å²) in [6.45, 7) is 2.92. The number of ether oxygens (including phenoxy) is 1. The van der Waals surface area contributed by atoms with Crippen LogP contribution in [0.4, 0.5) is 0 Å². The first-order valence-electron chi connectivity index (χ1n) is 8.18. The summed E-state index contributed by atoms with van der Waals surface area (Å²) in [5.41, 5.74) is 0.934. The van der Waals surface area contributed by atoms with Gasteiger partial charge in [0.25, 0.3) is 0 Å². The maximum atomic E-state index is 11.9. The predicted molar refractivity (Wildman–Crippen MR) is 95.8 cm³/mol. The van der Waals surface area contributed by atoms with Gasteiger partial charge in [0.2, 0.25) is 5.91 Å². The molecular weight excluding hydrogens is 324 g/mol. The number of carbonyl (C=O) groups excluding carboxylic acids is 1. The van der Waals surface area contributed by atoms with E-state index in [0.29, 0.717) is 10.9 Å². The molecule has 2 rings (SSSR count). The lowest BCUT2D eigenvalue weighted by Crippen LogP contribution is -2.26. The number of unbranched alkanes of at least 4 members (excludes halogenated alkanes) is 3. The van der Waals surface area contributed by atoms with Crippen LogP contribution in [0.3, 0.4) is 0 Å². The number of aromatic nitrogens is 3. The van der Waals surface area contributed by atoms with Crippen molar-refractivity contribution in [3.63, 3.8) is 0 Å². The van der Waals surface area contributed by atoms with Crippen LogP contribution in [0, 0.1) is 0 Å². The minimum absolute atomic E-state index is 0.0285. The molecule has 130 valence electrons. The van der Waals surface area contributed by atoms with E-state index in [1.54, 1.807) is 13.4 Å². The molecule has 1 aromatic heterocycles. The Balaban J connectivity index is 1.83. The Kier molecular flexibility index (Phi) is 7.61. The number of thioether (sulfide) groups is 1. The van der Waals surface area contributed by atoms with Gasteiger partial charge in [-0.25, -0.2) is 0 Å². The van der Waals surface area contributed by atoms with Gasteiger partial charge in [0.1, 0.15) is 12.1 Å². The molecule has 0 unspecified atom stereocenters. The van der Waals surface area contributed by atoms with Crippen LogP contribution in [0.25, 0.3) is 5.69 Å². The molecule has 0 radical (unpaired) electrons. The Labute approximate surface area is 147 Å². The van der Waals surface area contributed by atoms with Crippen molar-refractivity contribution in [3.8, 4) is 11.4 Å². The van der Waals surface area contributed by atoms with E-state index in [9.17, 15) is 4.79 Å². The second-order valence-electron chi connectivity index (χ2n) is 5.38. The number of rotatable bonds is 10. The van der Waals surface area contributed by atoms with E-state index in [0.717, 1.165) is 30.8 Å². The van der Waals surface area contributed by atoms with E-state index >= 15 is 0 Å². The fraction of sp³-hybridized carbons (Fsp3) is 0.471. The monoisotopic (exact) mass is 348 g/mol. The third-order valence-corrected chi connectivity index (χ3v) is 4.50. The van der Waals surface area contributed by atoms with E-state index in [-0.39, 0.29) is 5.91 Å². The molecule has 0 saturated carbocycles. The highest BCUT2D eigenvalue weighted by Crippen LogP contribution is 2.21. The highest BCUT2D eigenvalue weighted by Gasteiger charge is 2.10. The van der Waals surface area contributed by atoms with Gasteiger partial charge in [0.05, 0.1) is 12.9 Å². The fourth-order valence-corrected chi connectivity index (χ4v) is 2.96. The topological polar surface area (TPSA) is 69.0 Å². The molecule has 0 bridgehead atoms. The van der Waals surface area contributed by atoms with E-state index in [1.807, 2.05) is 28.8 Å². The Morgan fingerprint density at radius 1 is 1.25 bits per heavy atom. The zero-order valence-electron chi connectivity index (χ0n) is 14.2. The van der Waals surface area contributed by atoms with Gasteiger partial charge < -0.3 is 10.1 Å². The first-order valence-corrected chi connectivity index (χ1v) is 9.17. The fourth-order valence-electron chi connectivity index (χ4n) is 2.20. The highest BCUT2D eigenvalue weighted by atomic mass is 32.2. The third-order valence-electron chi connectivity index (χ3n) is 3.55. The second kappa shape index (κ2) is 9.97. The Morgan fingerprint density at radius 2 is 2.04 bits per heavy atom. The normalized spacial score (nSPS) is 10.6. The lowest BCUT2D eigenvalue weighted by molar-refractivity contribution is -0.118. The number of benzene rings is 1. The van der Waals surface area contributed by atoms with E-state index in [1.165, 1.54) is 24.6 Å². The summed E-state index contributed by atoms with van der Waals surface area (Å²) in [6, 6.07) is 7.62. The van der Waals surface area contributed by atoms with Crippen molar-refractivity contribution in [3.05, 3.63) is 30.6 Å². The average Bonchev–Trinajstić information content (AvgIpc) is 3.08. The predicted octanol–water partition coefficient (Wildman–Crippen LogP) is 3.06. The Morgan fingerprint density at radius 3 is 2.75 bits per heavy atom. The van der Waals surface area contributed by atoms with Crippen LogP contribution in [-0.2, 0) is 4.79 Å². The van der Waals surface area contributed by atoms with Crippen molar-refractivity contribution >= 4 is 17.7 Å². The van der Waals surface area contributed by atoms with Gasteiger partial charge >= 0.3 is 0 Å². The minimum Gasteiger partial charge on any atom is -0.497 e. The van der Waals surface area contributed by atoms with Gasteiger partial charge in [-0.3, -0.25) is 9.36 Å². The zero-order valence-corrected chi connectivity index (χ0v) is 15.0. The lowest BCUT2D eigenvalue weighted by atomic mass is 10.2. The molecular formula is C17H24N4O2S. The number of carbonyl (C=O) groups is 1. The van der Waals surface area contributed by atoms with Crippen LogP contribution in [0.1, 0.15) is 32.6 Å². The van der Waals surface area contributed by atoms with Crippen LogP contribution in [0.15, 0.2) is 35.7 Å². The quantitative estimate of drug-likeness (QED) is 0.528. The Hall–Kier alpha value is -2.02. The molecule has 6 nitrogen and oxygen atoms in total. The summed E-state index contributed by atoms with van der Waals surface area (Å²) in [6.07, 6.45) is 6.26. The molecule has 2 aromatic rings. The molecule has 0 aliphatic carbocycles. The number of nitrogens with one attached hydrogen (secondary N) is 1. The number of hydrogen-bond acceptors (Lipinski definition) is 5. The zero-order chi connectivity index (χ0) is 17.2. The van der Waals surface area contributed by atoms with Crippen molar-refractivity contribution in [2.75, 3.05) is 19.4 Å². The summed E-state index contributed by atoms with van der Waals surface area (Å²) in [7, 11) is 1.63. The first-order chi connectivity index (χ1) is 11.7. The molecule has 1 heterocycles. The summed E-state index contributed by atoms with van der Waals surface area (Å²) in [5.74, 6) is 1.16. The summed E-state index contributed by atoms with van der Waals surface area (Å²) < 4.78 is 7.02. The Bertz CT molecular complexity index is 628. The molecule has 1 N–H and O–H groups in total. The van der Waals surface area contributed by atoms with Gasteiger partial charge in [0.15, 0.2) is 5.16 Å². The molecule has 1 amide bonds. The lowest BCUT2D eigenvalue weighted by Gasteiger charge is -2.08. The molecule has 0 atom stereocenters. The minimum atomic E-state index is 0.0285. The van der Waals surface area contributed by atoms with Crippen molar-refractivity contribution in [2.45, 2.75) is 37.8 Å². The van der Waals surface area contributed by atoms with Crippen LogP contribution in [0.2, 0.25) is 0 Å². The number of hydrogen-bond donors (Lipinski definition) is 1. The van der Waals surface area contributed by atoms with Gasteiger partial charge in [-0.15, -0.1) is 10.2 Å². The third kappa shape index (κ3) is 5.56. The second-order valence-corrected chi connectivity index (χ2v) is 6.32. The molecule has 0 aliphatic rings. The van der Waals surface area contributed by atoms with Crippen molar-refractivity contribution in [1.82, 2.24) is 20.1 Å². The van der Waals surface area contributed by atoms with Gasteiger partial charge in [-0.2, -0.15) is 0 Å². The molecule has 0 fully saturated rings. The molecule has 0 saturated heterocycles. The number of methoxy groups -OCH3 is 1. The van der Waals surface area contributed by atoms with Gasteiger partial charge in [-0.1, -0.05) is 37.9 Å². The largest absolute Gasteiger partial charge is 0.497 e. The first kappa shape index (κ1) is 18.3. The van der Waals surface area contributed by atoms with Crippen molar-refractivity contribution < 1.29 is 9.53 Å². The van der Waals surface area contributed by atoms with Crippen LogP contribution in [-0.4, -0.2) is 40.1 Å². The van der Waals surface area contributed by atoms with Crippen LogP contribution < -0.4 is 10.1 Å². The van der Waals surface area contributed by atoms with Gasteiger partial charge in [-0.05, 0) is 30.7 Å². The molecule has 0 aliphatic heterocycles. The SMILES string of the molecule is CCCCCCNC(=O)CSc1nncn1-c1ccc(OC)cc1. The van der Waals surface area contributed by atoms with Crippen molar-refractivity contribution in [1.29, 1.82) is 0 Å². The summed E-state index contributed by atoms with van der Waals surface area (Å²) in [5, 5.41) is 11.7. The summed E-state index contributed by atoms with van der Waals surface area (Å²) in [4.78, 5) is 11.9. The number of amides is 1. The van der Waals surface area contributed by atoms with E-state index in [2.05, 4.69) is 22.4 Å². The molecule has 7 heteroatoms. The molecule has 24 heavy (non-hydrogen) atoms. The van der Waals surface area contributed by atoms with Crippen LogP contribution in [0.5, 0.6) is 5.75 Å². The average molecular weight is 348 g/mol.